The zero-order valence-corrected chi connectivity index (χ0v) is 13.4. The van der Waals surface area contributed by atoms with Crippen LogP contribution in [0.15, 0.2) is 17.7 Å². The fourth-order valence-electron chi connectivity index (χ4n) is 1.77. The molecule has 0 amide bonds. The van der Waals surface area contributed by atoms with Crippen LogP contribution in [0.25, 0.3) is 6.08 Å². The molecule has 8 heteroatoms. The number of benzene rings is 1. The van der Waals surface area contributed by atoms with Crippen molar-refractivity contribution in [1.82, 2.24) is 0 Å². The van der Waals surface area contributed by atoms with Gasteiger partial charge in [0.25, 0.3) is 0 Å². The van der Waals surface area contributed by atoms with Crippen LogP contribution in [0, 0.1) is 12.3 Å². The molecule has 0 aliphatic carbocycles. The molecule has 0 fully saturated rings. The van der Waals surface area contributed by atoms with E-state index in [1.54, 1.807) is 0 Å². The number of terminal acetylenes is 1. The molecule has 3 nitrogen and oxygen atoms in total. The summed E-state index contributed by atoms with van der Waals surface area (Å²) < 4.78 is 43.2. The third-order valence-corrected chi connectivity index (χ3v) is 2.89. The first-order valence-corrected chi connectivity index (χ1v) is 5.60. The molecule has 21 heavy (non-hydrogen) atoms. The van der Waals surface area contributed by atoms with Gasteiger partial charge in [-0.1, -0.05) is 17.5 Å². The van der Waals surface area contributed by atoms with Crippen molar-refractivity contribution < 1.29 is 58.8 Å². The Bertz CT molecular complexity index is 668. The van der Waals surface area contributed by atoms with Gasteiger partial charge in [-0.25, -0.2) is 4.79 Å². The molecule has 1 aromatic rings. The topological polar surface area (TPSA) is 46.5 Å². The number of halogens is 4. The average Bonchev–Trinajstić information content (AvgIpc) is 2.35. The summed E-state index contributed by atoms with van der Waals surface area (Å²) in [5.41, 5.74) is -0.512. The number of alkyl halides is 3. The average molecular weight is 327 g/mol. The summed E-state index contributed by atoms with van der Waals surface area (Å²) in [6.45, 7) is 0. The monoisotopic (exact) mass is 326 g/mol. The number of carboxylic acid groups (broad SMARTS) is 1. The molecule has 1 unspecified atom stereocenters. The fourth-order valence-corrected chi connectivity index (χ4v) is 2.04. The molecule has 1 aliphatic heterocycles. The Morgan fingerprint density at radius 1 is 1.48 bits per heavy atom. The SMILES string of the molecule is C#Cc1cc(Cl)c2c(c1)C=C(C(=O)O)C(C(F)(F)F)O2.[H-].[Na+]. The Morgan fingerprint density at radius 2 is 2.10 bits per heavy atom. The molecule has 0 spiro atoms. The van der Waals surface area contributed by atoms with Gasteiger partial charge in [0.1, 0.15) is 5.75 Å². The van der Waals surface area contributed by atoms with Gasteiger partial charge in [0, 0.05) is 11.1 Å². The second-order valence-electron chi connectivity index (χ2n) is 3.97. The van der Waals surface area contributed by atoms with Crippen molar-refractivity contribution in [3.05, 3.63) is 33.9 Å². The van der Waals surface area contributed by atoms with E-state index in [1.807, 2.05) is 0 Å². The molecular formula is C13H7ClF3NaO3. The maximum atomic E-state index is 12.8. The van der Waals surface area contributed by atoms with Gasteiger partial charge in [0.05, 0.1) is 10.6 Å². The van der Waals surface area contributed by atoms with E-state index in [2.05, 4.69) is 5.92 Å². The van der Waals surface area contributed by atoms with E-state index in [1.165, 1.54) is 12.1 Å². The zero-order chi connectivity index (χ0) is 15.1. The van der Waals surface area contributed by atoms with E-state index in [9.17, 15) is 18.0 Å². The molecule has 1 aromatic carbocycles. The van der Waals surface area contributed by atoms with Gasteiger partial charge in [0.15, 0.2) is 0 Å². The third-order valence-electron chi connectivity index (χ3n) is 2.61. The summed E-state index contributed by atoms with van der Waals surface area (Å²) in [5.74, 6) is 0.305. The number of fused-ring (bicyclic) bond motifs is 1. The summed E-state index contributed by atoms with van der Waals surface area (Å²) in [6.07, 6.45) is -1.39. The van der Waals surface area contributed by atoms with E-state index in [-0.39, 0.29) is 47.3 Å². The quantitative estimate of drug-likeness (QED) is 0.594. The maximum absolute atomic E-state index is 12.8. The number of hydrogen-bond donors (Lipinski definition) is 1. The number of aliphatic carboxylic acids is 1. The number of carboxylic acids is 1. The second-order valence-corrected chi connectivity index (χ2v) is 4.37. The van der Waals surface area contributed by atoms with Gasteiger partial charge in [-0.3, -0.25) is 0 Å². The van der Waals surface area contributed by atoms with Gasteiger partial charge in [0.2, 0.25) is 6.10 Å². The van der Waals surface area contributed by atoms with E-state index >= 15 is 0 Å². The summed E-state index contributed by atoms with van der Waals surface area (Å²) in [7, 11) is 0. The molecule has 2 rings (SSSR count). The van der Waals surface area contributed by atoms with E-state index in [0.29, 0.717) is 5.56 Å². The molecule has 0 saturated carbocycles. The molecule has 106 valence electrons. The minimum atomic E-state index is -4.87. The standard InChI is InChI=1S/C13H6ClF3O3.Na.H/c1-2-6-3-7-5-8(12(18)19)11(13(15,16)17)20-10(7)9(14)4-6;;/h1,3-5,11H,(H,18,19);;/q;+1;-1. The molecule has 0 bridgehead atoms. The Hall–Kier alpha value is -1.13. The van der Waals surface area contributed by atoms with Crippen LogP contribution in [-0.2, 0) is 4.79 Å². The molecule has 1 N–H and O–H groups in total. The van der Waals surface area contributed by atoms with Crippen molar-refractivity contribution in [3.8, 4) is 18.1 Å². The molecule has 0 radical (unpaired) electrons. The fraction of sp³-hybridized carbons (Fsp3) is 0.154. The smallest absolute Gasteiger partial charge is 1.00 e. The molecule has 1 heterocycles. The van der Waals surface area contributed by atoms with Crippen molar-refractivity contribution >= 4 is 23.6 Å². The Morgan fingerprint density at radius 3 is 2.57 bits per heavy atom. The van der Waals surface area contributed by atoms with Crippen molar-refractivity contribution in [2.45, 2.75) is 12.3 Å². The Kier molecular flexibility index (Phi) is 5.40. The first kappa shape index (κ1) is 17.9. The second kappa shape index (κ2) is 6.32. The predicted octanol–water partition coefficient (Wildman–Crippen LogP) is 0.229. The predicted molar refractivity (Wildman–Crippen MR) is 66.6 cm³/mol. The molecule has 1 aliphatic rings. The normalized spacial score (nSPS) is 16.7. The van der Waals surface area contributed by atoms with Crippen LogP contribution in [0.4, 0.5) is 13.2 Å². The molecule has 0 saturated heterocycles. The summed E-state index contributed by atoms with van der Waals surface area (Å²) in [6, 6.07) is 2.60. The van der Waals surface area contributed by atoms with Gasteiger partial charge in [-0.15, -0.1) is 6.42 Å². The first-order chi connectivity index (χ1) is 9.24. The van der Waals surface area contributed by atoms with Crippen molar-refractivity contribution in [3.63, 3.8) is 0 Å². The maximum Gasteiger partial charge on any atom is 1.00 e. The van der Waals surface area contributed by atoms with Gasteiger partial charge in [-0.05, 0) is 18.2 Å². The van der Waals surface area contributed by atoms with Crippen molar-refractivity contribution in [2.75, 3.05) is 0 Å². The third kappa shape index (κ3) is 3.55. The van der Waals surface area contributed by atoms with Crippen LogP contribution in [0.2, 0.25) is 5.02 Å². The number of rotatable bonds is 1. The first-order valence-electron chi connectivity index (χ1n) is 5.22. The Labute approximate surface area is 146 Å². The van der Waals surface area contributed by atoms with Gasteiger partial charge >= 0.3 is 41.7 Å². The van der Waals surface area contributed by atoms with Crippen LogP contribution >= 0.6 is 11.6 Å². The number of ether oxygens (including phenoxy) is 1. The molecule has 0 aromatic heterocycles. The largest absolute Gasteiger partial charge is 1.00 e. The van der Waals surface area contributed by atoms with Crippen LogP contribution in [0.3, 0.4) is 0 Å². The van der Waals surface area contributed by atoms with Crippen LogP contribution in [0.5, 0.6) is 5.75 Å². The summed E-state index contributed by atoms with van der Waals surface area (Å²) in [4.78, 5) is 10.9. The zero-order valence-electron chi connectivity index (χ0n) is 11.7. The van der Waals surface area contributed by atoms with Gasteiger partial charge in [-0.2, -0.15) is 13.2 Å². The van der Waals surface area contributed by atoms with E-state index < -0.39 is 23.8 Å². The molecule has 1 atom stereocenters. The minimum absolute atomic E-state index is 0. The molecular weight excluding hydrogens is 320 g/mol. The van der Waals surface area contributed by atoms with Crippen LogP contribution < -0.4 is 34.3 Å². The summed E-state index contributed by atoms with van der Waals surface area (Å²) in [5, 5.41) is 8.77. The van der Waals surface area contributed by atoms with Gasteiger partial charge < -0.3 is 11.3 Å². The van der Waals surface area contributed by atoms with Crippen LogP contribution in [0.1, 0.15) is 12.6 Å². The number of hydrogen-bond acceptors (Lipinski definition) is 2. The van der Waals surface area contributed by atoms with Crippen LogP contribution in [-0.4, -0.2) is 23.4 Å². The van der Waals surface area contributed by atoms with E-state index in [4.69, 9.17) is 27.9 Å². The minimum Gasteiger partial charge on any atom is -1.00 e. The van der Waals surface area contributed by atoms with Crippen molar-refractivity contribution in [1.29, 1.82) is 0 Å². The van der Waals surface area contributed by atoms with Crippen molar-refractivity contribution in [2.24, 2.45) is 0 Å². The Balaban J connectivity index is 0.00000220. The van der Waals surface area contributed by atoms with E-state index in [0.717, 1.165) is 6.08 Å². The number of carbonyl (C=O) groups is 1. The summed E-state index contributed by atoms with van der Waals surface area (Å²) >= 11 is 5.80.